The number of nitrogens with zero attached hydrogens (tertiary/aromatic N) is 2. The van der Waals surface area contributed by atoms with Crippen molar-refractivity contribution in [2.24, 2.45) is 4.99 Å². The van der Waals surface area contributed by atoms with Gasteiger partial charge >= 0.3 is 5.97 Å². The van der Waals surface area contributed by atoms with E-state index in [1.807, 2.05) is 92.0 Å². The van der Waals surface area contributed by atoms with Gasteiger partial charge in [-0.1, -0.05) is 78.9 Å². The van der Waals surface area contributed by atoms with Crippen molar-refractivity contribution in [3.63, 3.8) is 0 Å². The summed E-state index contributed by atoms with van der Waals surface area (Å²) in [6.45, 7) is 4.22. The number of aryl methyl sites for hydroxylation is 1. The molecule has 0 aliphatic rings. The summed E-state index contributed by atoms with van der Waals surface area (Å²) >= 11 is 0. The zero-order valence-corrected chi connectivity index (χ0v) is 21.0. The molecule has 5 rings (SSSR count). The lowest BCUT2D eigenvalue weighted by molar-refractivity contribution is 0.0526. The van der Waals surface area contributed by atoms with Crippen LogP contribution in [0.25, 0.3) is 28.2 Å². The Morgan fingerprint density at radius 1 is 0.811 bits per heavy atom. The van der Waals surface area contributed by atoms with E-state index in [1.54, 1.807) is 0 Å². The molecule has 0 bridgehead atoms. The number of esters is 1. The van der Waals surface area contributed by atoms with Crippen LogP contribution in [0.3, 0.4) is 0 Å². The summed E-state index contributed by atoms with van der Waals surface area (Å²) < 4.78 is 7.42. The molecule has 0 atom stereocenters. The Kier molecular flexibility index (Phi) is 7.09. The second-order valence-corrected chi connectivity index (χ2v) is 8.71. The fourth-order valence-corrected chi connectivity index (χ4v) is 4.42. The number of carbonyl (C=O) groups is 1. The second kappa shape index (κ2) is 10.9. The highest BCUT2D eigenvalue weighted by atomic mass is 16.5. The first kappa shape index (κ1) is 24.0. The summed E-state index contributed by atoms with van der Waals surface area (Å²) in [6, 6.07) is 38.5. The molecule has 0 radical (unpaired) electrons. The van der Waals surface area contributed by atoms with Gasteiger partial charge < -0.3 is 9.30 Å². The third-order valence-corrected chi connectivity index (χ3v) is 6.24. The number of ether oxygens (including phenoxy) is 1. The second-order valence-electron chi connectivity index (χ2n) is 8.71. The van der Waals surface area contributed by atoms with Gasteiger partial charge in [0.2, 0.25) is 0 Å². The molecule has 4 nitrogen and oxygen atoms in total. The third-order valence-electron chi connectivity index (χ3n) is 6.24. The van der Waals surface area contributed by atoms with Gasteiger partial charge in [0.25, 0.3) is 0 Å². The van der Waals surface area contributed by atoms with Crippen LogP contribution in [0.4, 0.5) is 5.69 Å². The molecule has 0 spiro atoms. The minimum absolute atomic E-state index is 0.320. The lowest BCUT2D eigenvalue weighted by Crippen LogP contribution is -2.05. The molecular formula is C33H28N2O2. The first-order chi connectivity index (χ1) is 18.2. The number of benzene rings is 4. The van der Waals surface area contributed by atoms with E-state index in [-0.39, 0.29) is 5.97 Å². The molecule has 1 aromatic heterocycles. The van der Waals surface area contributed by atoms with Crippen LogP contribution < -0.4 is 0 Å². The SMILES string of the molecule is CCOC(=O)c1ccc(-n2c(-c3ccccc3)cc(C=Nc3ccccc3C)c2-c2ccccc2)cc1. The summed E-state index contributed by atoms with van der Waals surface area (Å²) in [5.74, 6) is -0.320. The van der Waals surface area contributed by atoms with Crippen LogP contribution in [-0.4, -0.2) is 23.4 Å². The van der Waals surface area contributed by atoms with Gasteiger partial charge in [0.05, 0.1) is 29.2 Å². The van der Waals surface area contributed by atoms with Crippen LogP contribution in [0, 0.1) is 6.92 Å². The van der Waals surface area contributed by atoms with Gasteiger partial charge in [-0.25, -0.2) is 4.79 Å². The van der Waals surface area contributed by atoms with Crippen molar-refractivity contribution in [3.8, 4) is 28.2 Å². The van der Waals surface area contributed by atoms with Crippen molar-refractivity contribution in [2.45, 2.75) is 13.8 Å². The highest BCUT2D eigenvalue weighted by Crippen LogP contribution is 2.36. The van der Waals surface area contributed by atoms with Gasteiger partial charge in [-0.15, -0.1) is 0 Å². The average Bonchev–Trinajstić information content (AvgIpc) is 3.33. The molecule has 0 amide bonds. The first-order valence-corrected chi connectivity index (χ1v) is 12.4. The normalized spacial score (nSPS) is 11.1. The van der Waals surface area contributed by atoms with Crippen LogP contribution in [0.1, 0.15) is 28.4 Å². The number of aliphatic imine (C=N–C) groups is 1. The number of rotatable bonds is 7. The van der Waals surface area contributed by atoms with Crippen molar-refractivity contribution in [2.75, 3.05) is 6.61 Å². The molecule has 0 N–H and O–H groups in total. The number of para-hydroxylation sites is 1. The lowest BCUT2D eigenvalue weighted by atomic mass is 10.1. The van der Waals surface area contributed by atoms with Gasteiger partial charge in [-0.3, -0.25) is 4.99 Å². The molecule has 0 aliphatic carbocycles. The predicted molar refractivity (Wildman–Crippen MR) is 151 cm³/mol. The fourth-order valence-electron chi connectivity index (χ4n) is 4.42. The maximum Gasteiger partial charge on any atom is 0.338 e. The van der Waals surface area contributed by atoms with Gasteiger partial charge in [-0.05, 0) is 66.9 Å². The number of aromatic nitrogens is 1. The Hall–Kier alpha value is -4.70. The topological polar surface area (TPSA) is 43.6 Å². The molecule has 4 aromatic carbocycles. The number of hydrogen-bond acceptors (Lipinski definition) is 3. The van der Waals surface area contributed by atoms with Crippen LogP contribution in [0.2, 0.25) is 0 Å². The molecular weight excluding hydrogens is 456 g/mol. The minimum Gasteiger partial charge on any atom is -0.462 e. The van der Waals surface area contributed by atoms with Crippen LogP contribution >= 0.6 is 0 Å². The molecule has 0 fully saturated rings. The molecule has 4 heteroatoms. The Labute approximate surface area is 217 Å². The number of hydrogen-bond donors (Lipinski definition) is 0. The summed E-state index contributed by atoms with van der Waals surface area (Å²) in [7, 11) is 0. The van der Waals surface area contributed by atoms with Gasteiger partial charge in [0.1, 0.15) is 0 Å². The summed E-state index contributed by atoms with van der Waals surface area (Å²) in [6.07, 6.45) is 1.95. The maximum atomic E-state index is 12.3. The zero-order chi connectivity index (χ0) is 25.6. The molecule has 1 heterocycles. The van der Waals surface area contributed by atoms with Gasteiger partial charge in [0.15, 0.2) is 0 Å². The van der Waals surface area contributed by atoms with Crippen molar-refractivity contribution >= 4 is 17.9 Å². The quantitative estimate of drug-likeness (QED) is 0.173. The molecule has 5 aromatic rings. The average molecular weight is 485 g/mol. The predicted octanol–water partition coefficient (Wildman–Crippen LogP) is 8.05. The fraction of sp³-hybridized carbons (Fsp3) is 0.0909. The molecule has 37 heavy (non-hydrogen) atoms. The Morgan fingerprint density at radius 3 is 2.08 bits per heavy atom. The lowest BCUT2D eigenvalue weighted by Gasteiger charge is -2.15. The van der Waals surface area contributed by atoms with Gasteiger partial charge in [0, 0.05) is 17.5 Å². The first-order valence-electron chi connectivity index (χ1n) is 12.4. The summed E-state index contributed by atoms with van der Waals surface area (Å²) in [5.41, 5.74) is 8.77. The molecule has 0 saturated carbocycles. The standard InChI is InChI=1S/C33H28N2O2/c1-3-37-33(36)27-18-20-29(21-19-27)35-31(25-13-6-4-7-14-25)22-28(32(35)26-15-8-5-9-16-26)23-34-30-17-11-10-12-24(30)2/h4-23H,3H2,1-2H3. The van der Waals surface area contributed by atoms with E-state index in [4.69, 9.17) is 9.73 Å². The van der Waals surface area contributed by atoms with Gasteiger partial charge in [-0.2, -0.15) is 0 Å². The van der Waals surface area contributed by atoms with E-state index >= 15 is 0 Å². The van der Waals surface area contributed by atoms with Crippen molar-refractivity contribution in [1.29, 1.82) is 0 Å². The maximum absolute atomic E-state index is 12.3. The molecule has 0 unspecified atom stereocenters. The van der Waals surface area contributed by atoms with Crippen molar-refractivity contribution < 1.29 is 9.53 Å². The third kappa shape index (κ3) is 5.14. The molecule has 0 saturated heterocycles. The zero-order valence-electron chi connectivity index (χ0n) is 21.0. The molecule has 182 valence electrons. The van der Waals surface area contributed by atoms with E-state index < -0.39 is 0 Å². The van der Waals surface area contributed by atoms with E-state index in [1.165, 1.54) is 0 Å². The summed E-state index contributed by atoms with van der Waals surface area (Å²) in [5, 5.41) is 0. The minimum atomic E-state index is -0.320. The smallest absolute Gasteiger partial charge is 0.338 e. The van der Waals surface area contributed by atoms with Crippen LogP contribution in [-0.2, 0) is 4.74 Å². The Balaban J connectivity index is 1.73. The highest BCUT2D eigenvalue weighted by Gasteiger charge is 2.19. The van der Waals surface area contributed by atoms with Crippen molar-refractivity contribution in [3.05, 3.63) is 132 Å². The van der Waals surface area contributed by atoms with Crippen LogP contribution in [0.15, 0.2) is 120 Å². The highest BCUT2D eigenvalue weighted by molar-refractivity contribution is 5.95. The van der Waals surface area contributed by atoms with E-state index in [9.17, 15) is 4.79 Å². The largest absolute Gasteiger partial charge is 0.462 e. The summed E-state index contributed by atoms with van der Waals surface area (Å²) in [4.78, 5) is 17.1. The Morgan fingerprint density at radius 2 is 1.43 bits per heavy atom. The van der Waals surface area contributed by atoms with Crippen molar-refractivity contribution in [1.82, 2.24) is 4.57 Å². The monoisotopic (exact) mass is 484 g/mol. The van der Waals surface area contributed by atoms with E-state index in [0.717, 1.165) is 45.0 Å². The van der Waals surface area contributed by atoms with E-state index in [2.05, 4.69) is 47.9 Å². The number of carbonyl (C=O) groups excluding carboxylic acids is 1. The van der Waals surface area contributed by atoms with Crippen LogP contribution in [0.5, 0.6) is 0 Å². The molecule has 0 aliphatic heterocycles. The van der Waals surface area contributed by atoms with E-state index in [0.29, 0.717) is 12.2 Å². The Bertz CT molecular complexity index is 1530.